The highest BCUT2D eigenvalue weighted by Gasteiger charge is 2.19. The molecule has 2 nitrogen and oxygen atoms in total. The van der Waals surface area contributed by atoms with Crippen LogP contribution in [0.3, 0.4) is 0 Å². The molecule has 20 heavy (non-hydrogen) atoms. The molecule has 0 saturated carbocycles. The zero-order chi connectivity index (χ0) is 14.4. The van der Waals surface area contributed by atoms with E-state index >= 15 is 0 Å². The fraction of sp³-hybridized carbons (Fsp3) is 0.176. The van der Waals surface area contributed by atoms with E-state index in [1.165, 1.54) is 0 Å². The Morgan fingerprint density at radius 2 is 1.55 bits per heavy atom. The van der Waals surface area contributed by atoms with Gasteiger partial charge in [-0.25, -0.2) is 0 Å². The summed E-state index contributed by atoms with van der Waals surface area (Å²) in [5, 5.41) is 0. The Morgan fingerprint density at radius 1 is 1.00 bits per heavy atom. The van der Waals surface area contributed by atoms with Gasteiger partial charge in [0.2, 0.25) is 7.37 Å². The van der Waals surface area contributed by atoms with Crippen LogP contribution in [0.4, 0.5) is 0 Å². The van der Waals surface area contributed by atoms with Gasteiger partial charge in [-0.1, -0.05) is 67.2 Å². The standard InChI is InChI=1S/C17H19O2P/c1-15(17-10-6-3-7-11-17)14-20(18,19)13-12-16-8-4-2-5-9-16/h2-11H,1,12-14H2,(H,18,19). The maximum absolute atomic E-state index is 12.3. The zero-order valence-electron chi connectivity index (χ0n) is 11.4. The maximum Gasteiger partial charge on any atom is 0.205 e. The first-order valence-electron chi connectivity index (χ1n) is 6.65. The van der Waals surface area contributed by atoms with Gasteiger partial charge in [-0.3, -0.25) is 4.57 Å². The molecule has 0 aromatic heterocycles. The SMILES string of the molecule is C=C(CP(=O)(O)CCc1ccccc1)c1ccccc1. The Balaban J connectivity index is 1.94. The second kappa shape index (κ2) is 6.69. The summed E-state index contributed by atoms with van der Waals surface area (Å²) in [4.78, 5) is 10.1. The molecule has 0 radical (unpaired) electrons. The quantitative estimate of drug-likeness (QED) is 0.807. The monoisotopic (exact) mass is 286 g/mol. The Kier molecular flexibility index (Phi) is 4.94. The minimum Gasteiger partial charge on any atom is -0.344 e. The van der Waals surface area contributed by atoms with Crippen LogP contribution in [0, 0.1) is 0 Å². The molecule has 2 rings (SSSR count). The molecule has 0 heterocycles. The lowest BCUT2D eigenvalue weighted by molar-refractivity contribution is 0.481. The minimum atomic E-state index is -3.18. The van der Waals surface area contributed by atoms with Gasteiger partial charge in [0, 0.05) is 12.3 Å². The van der Waals surface area contributed by atoms with Crippen LogP contribution in [-0.4, -0.2) is 17.2 Å². The predicted octanol–water partition coefficient (Wildman–Crippen LogP) is 4.21. The van der Waals surface area contributed by atoms with Gasteiger partial charge in [-0.2, -0.15) is 0 Å². The van der Waals surface area contributed by atoms with E-state index in [2.05, 4.69) is 6.58 Å². The molecule has 1 unspecified atom stereocenters. The van der Waals surface area contributed by atoms with E-state index in [4.69, 9.17) is 0 Å². The van der Waals surface area contributed by atoms with Crippen molar-refractivity contribution in [2.75, 3.05) is 12.3 Å². The molecule has 1 atom stereocenters. The van der Waals surface area contributed by atoms with Crippen LogP contribution in [0.2, 0.25) is 0 Å². The number of allylic oxidation sites excluding steroid dienone is 1. The van der Waals surface area contributed by atoms with Crippen LogP contribution in [0.25, 0.3) is 5.57 Å². The highest BCUT2D eigenvalue weighted by Crippen LogP contribution is 2.44. The molecule has 0 fully saturated rings. The van der Waals surface area contributed by atoms with Crippen LogP contribution in [0.5, 0.6) is 0 Å². The summed E-state index contributed by atoms with van der Waals surface area (Å²) in [6, 6.07) is 19.4. The van der Waals surface area contributed by atoms with E-state index < -0.39 is 7.37 Å². The van der Waals surface area contributed by atoms with E-state index in [0.717, 1.165) is 16.7 Å². The molecule has 104 valence electrons. The Bertz CT molecular complexity index is 605. The van der Waals surface area contributed by atoms with E-state index in [-0.39, 0.29) is 6.16 Å². The fourth-order valence-corrected chi connectivity index (χ4v) is 3.64. The van der Waals surface area contributed by atoms with E-state index in [0.29, 0.717) is 12.6 Å². The molecule has 0 aliphatic rings. The Morgan fingerprint density at radius 3 is 2.15 bits per heavy atom. The third-order valence-corrected chi connectivity index (χ3v) is 5.01. The molecule has 0 aliphatic carbocycles. The average molecular weight is 286 g/mol. The summed E-state index contributed by atoms with van der Waals surface area (Å²) in [5.74, 6) is 0. The lowest BCUT2D eigenvalue weighted by Crippen LogP contribution is -2.00. The van der Waals surface area contributed by atoms with Gasteiger partial charge >= 0.3 is 0 Å². The summed E-state index contributed by atoms with van der Waals surface area (Å²) in [6.07, 6.45) is 1.07. The molecule has 3 heteroatoms. The Hall–Kier alpha value is -1.63. The van der Waals surface area contributed by atoms with E-state index in [1.807, 2.05) is 60.7 Å². The maximum atomic E-state index is 12.3. The van der Waals surface area contributed by atoms with Crippen LogP contribution >= 0.6 is 7.37 Å². The minimum absolute atomic E-state index is 0.157. The first kappa shape index (κ1) is 14.8. The molecule has 0 spiro atoms. The summed E-state index contributed by atoms with van der Waals surface area (Å²) in [5.41, 5.74) is 2.75. The van der Waals surface area contributed by atoms with Gasteiger partial charge in [-0.15, -0.1) is 0 Å². The zero-order valence-corrected chi connectivity index (χ0v) is 12.3. The second-order valence-electron chi connectivity index (χ2n) is 4.93. The third kappa shape index (κ3) is 4.48. The summed E-state index contributed by atoms with van der Waals surface area (Å²) in [6.45, 7) is 3.93. The second-order valence-corrected chi connectivity index (χ2v) is 7.39. The van der Waals surface area contributed by atoms with E-state index in [9.17, 15) is 9.46 Å². The van der Waals surface area contributed by atoms with Crippen LogP contribution in [-0.2, 0) is 11.0 Å². The summed E-state index contributed by atoms with van der Waals surface area (Å²) in [7, 11) is -3.18. The molecule has 0 bridgehead atoms. The van der Waals surface area contributed by atoms with Crippen molar-refractivity contribution in [3.8, 4) is 0 Å². The van der Waals surface area contributed by atoms with Crippen molar-refractivity contribution in [1.29, 1.82) is 0 Å². The number of hydrogen-bond acceptors (Lipinski definition) is 1. The van der Waals surface area contributed by atoms with Crippen LogP contribution < -0.4 is 0 Å². The van der Waals surface area contributed by atoms with Gasteiger partial charge in [0.05, 0.1) is 0 Å². The fourth-order valence-electron chi connectivity index (χ4n) is 2.09. The van der Waals surface area contributed by atoms with Crippen molar-refractivity contribution in [3.05, 3.63) is 78.4 Å². The largest absolute Gasteiger partial charge is 0.344 e. The highest BCUT2D eigenvalue weighted by atomic mass is 31.2. The van der Waals surface area contributed by atoms with Crippen molar-refractivity contribution in [2.24, 2.45) is 0 Å². The van der Waals surface area contributed by atoms with Crippen molar-refractivity contribution < 1.29 is 9.46 Å². The number of benzene rings is 2. The highest BCUT2D eigenvalue weighted by molar-refractivity contribution is 7.58. The molecule has 0 amide bonds. The molecule has 0 aliphatic heterocycles. The number of aryl methyl sites for hydroxylation is 1. The van der Waals surface area contributed by atoms with Crippen LogP contribution in [0.1, 0.15) is 11.1 Å². The van der Waals surface area contributed by atoms with Gasteiger partial charge in [0.15, 0.2) is 0 Å². The summed E-state index contributed by atoms with van der Waals surface area (Å²) >= 11 is 0. The first-order valence-corrected chi connectivity index (χ1v) is 8.68. The van der Waals surface area contributed by atoms with E-state index in [1.54, 1.807) is 0 Å². The smallest absolute Gasteiger partial charge is 0.205 e. The lowest BCUT2D eigenvalue weighted by Gasteiger charge is -2.13. The van der Waals surface area contributed by atoms with Gasteiger partial charge in [-0.05, 0) is 23.1 Å². The molecule has 2 aromatic rings. The van der Waals surface area contributed by atoms with Crippen molar-refractivity contribution in [2.45, 2.75) is 6.42 Å². The number of hydrogen-bond donors (Lipinski definition) is 1. The number of rotatable bonds is 6. The van der Waals surface area contributed by atoms with Gasteiger partial charge in [0.25, 0.3) is 0 Å². The topological polar surface area (TPSA) is 37.3 Å². The van der Waals surface area contributed by atoms with Crippen molar-refractivity contribution in [3.63, 3.8) is 0 Å². The molecule has 0 saturated heterocycles. The van der Waals surface area contributed by atoms with Crippen molar-refractivity contribution >= 4 is 12.9 Å². The normalized spacial score (nSPS) is 13.7. The average Bonchev–Trinajstić information content (AvgIpc) is 2.47. The molecular weight excluding hydrogens is 267 g/mol. The molecule has 1 N–H and O–H groups in total. The van der Waals surface area contributed by atoms with Gasteiger partial charge < -0.3 is 4.89 Å². The van der Waals surface area contributed by atoms with Crippen LogP contribution in [0.15, 0.2) is 67.2 Å². The lowest BCUT2D eigenvalue weighted by atomic mass is 10.1. The Labute approximate surface area is 120 Å². The van der Waals surface area contributed by atoms with Gasteiger partial charge in [0.1, 0.15) is 0 Å². The first-order chi connectivity index (χ1) is 9.57. The van der Waals surface area contributed by atoms with Crippen molar-refractivity contribution in [1.82, 2.24) is 0 Å². The molecule has 2 aromatic carbocycles. The third-order valence-electron chi connectivity index (χ3n) is 3.21. The predicted molar refractivity (Wildman–Crippen MR) is 85.2 cm³/mol. The summed E-state index contributed by atoms with van der Waals surface area (Å²) < 4.78 is 12.3. The molecular formula is C17H19O2P.